The maximum absolute atomic E-state index is 13.3. The van der Waals surface area contributed by atoms with E-state index in [9.17, 15) is 14.0 Å². The highest BCUT2D eigenvalue weighted by Crippen LogP contribution is 2.39. The Hall–Kier alpha value is -3.30. The SMILES string of the molecule is NC(=O)c1c(NC(=O)CSc2nnc(-c3ccc(F)cc3)c3ccccc23)sc2c1CCC2. The number of carbonyl (C=O) groups excluding carboxylic acids is 2. The Bertz CT molecular complexity index is 1390. The van der Waals surface area contributed by atoms with Gasteiger partial charge in [-0.25, -0.2) is 4.39 Å². The minimum atomic E-state index is -0.509. The van der Waals surface area contributed by atoms with E-state index in [1.54, 1.807) is 12.1 Å². The number of anilines is 1. The zero-order valence-corrected chi connectivity index (χ0v) is 19.1. The number of nitrogens with one attached hydrogen (secondary N) is 1. The van der Waals surface area contributed by atoms with Crippen molar-refractivity contribution >= 4 is 50.7 Å². The fraction of sp³-hybridized carbons (Fsp3) is 0.167. The molecule has 4 aromatic rings. The van der Waals surface area contributed by atoms with E-state index in [2.05, 4.69) is 15.5 Å². The summed E-state index contributed by atoms with van der Waals surface area (Å²) in [6.45, 7) is 0. The minimum Gasteiger partial charge on any atom is -0.365 e. The second-order valence-corrected chi connectivity index (χ2v) is 9.74. The minimum absolute atomic E-state index is 0.106. The smallest absolute Gasteiger partial charge is 0.251 e. The number of hydrogen-bond donors (Lipinski definition) is 2. The van der Waals surface area contributed by atoms with E-state index >= 15 is 0 Å². The van der Waals surface area contributed by atoms with Gasteiger partial charge in [0.15, 0.2) is 0 Å². The van der Waals surface area contributed by atoms with Crippen LogP contribution < -0.4 is 11.1 Å². The number of thioether (sulfide) groups is 1. The Morgan fingerprint density at radius 2 is 1.82 bits per heavy atom. The normalized spacial score (nSPS) is 12.6. The molecule has 0 fully saturated rings. The molecular formula is C24H19FN4O2S2. The van der Waals surface area contributed by atoms with Gasteiger partial charge in [0.2, 0.25) is 5.91 Å². The fourth-order valence-electron chi connectivity index (χ4n) is 4.06. The lowest BCUT2D eigenvalue weighted by Gasteiger charge is -2.10. The molecule has 1 aliphatic carbocycles. The molecule has 6 nitrogen and oxygen atoms in total. The van der Waals surface area contributed by atoms with Gasteiger partial charge >= 0.3 is 0 Å². The maximum Gasteiger partial charge on any atom is 0.251 e. The summed E-state index contributed by atoms with van der Waals surface area (Å²) in [4.78, 5) is 25.8. The van der Waals surface area contributed by atoms with E-state index < -0.39 is 5.91 Å². The highest BCUT2D eigenvalue weighted by molar-refractivity contribution is 8.00. The Morgan fingerprint density at radius 3 is 2.58 bits per heavy atom. The number of fused-ring (bicyclic) bond motifs is 2. The zero-order chi connectivity index (χ0) is 22.9. The van der Waals surface area contributed by atoms with Gasteiger partial charge in [0, 0.05) is 21.2 Å². The lowest BCUT2D eigenvalue weighted by atomic mass is 10.1. The largest absolute Gasteiger partial charge is 0.365 e. The van der Waals surface area contributed by atoms with Crippen LogP contribution >= 0.6 is 23.1 Å². The molecule has 2 aromatic heterocycles. The van der Waals surface area contributed by atoms with Gasteiger partial charge in [0.05, 0.1) is 11.3 Å². The van der Waals surface area contributed by atoms with Crippen LogP contribution in [-0.2, 0) is 17.6 Å². The molecule has 5 rings (SSSR count). The van der Waals surface area contributed by atoms with Gasteiger partial charge in [-0.2, -0.15) is 0 Å². The topological polar surface area (TPSA) is 98.0 Å². The van der Waals surface area contributed by atoms with E-state index in [0.29, 0.717) is 21.3 Å². The molecule has 0 spiro atoms. The first-order valence-corrected chi connectivity index (χ1v) is 12.2. The number of nitrogens with two attached hydrogens (primary N) is 1. The summed E-state index contributed by atoms with van der Waals surface area (Å²) in [6, 6.07) is 13.8. The number of amides is 2. The number of thiophene rings is 1. The van der Waals surface area contributed by atoms with Crippen LogP contribution in [-0.4, -0.2) is 27.8 Å². The maximum atomic E-state index is 13.3. The summed E-state index contributed by atoms with van der Waals surface area (Å²) in [5.74, 6) is -0.957. The van der Waals surface area contributed by atoms with Gasteiger partial charge in [-0.05, 0) is 49.1 Å². The van der Waals surface area contributed by atoms with Crippen molar-refractivity contribution in [1.82, 2.24) is 10.2 Å². The molecule has 0 atom stereocenters. The molecule has 2 aromatic carbocycles. The molecule has 166 valence electrons. The lowest BCUT2D eigenvalue weighted by molar-refractivity contribution is -0.113. The predicted octanol–water partition coefficient (Wildman–Crippen LogP) is 4.82. The highest BCUT2D eigenvalue weighted by atomic mass is 32.2. The second-order valence-electron chi connectivity index (χ2n) is 7.67. The molecule has 0 saturated carbocycles. The van der Waals surface area contributed by atoms with E-state index in [1.807, 2.05) is 24.3 Å². The summed E-state index contributed by atoms with van der Waals surface area (Å²) < 4.78 is 13.3. The van der Waals surface area contributed by atoms with Crippen LogP contribution in [0.15, 0.2) is 53.6 Å². The second kappa shape index (κ2) is 8.92. The van der Waals surface area contributed by atoms with Crippen LogP contribution in [0.3, 0.4) is 0 Å². The first kappa shape index (κ1) is 21.5. The first-order valence-electron chi connectivity index (χ1n) is 10.4. The van der Waals surface area contributed by atoms with Gasteiger partial charge < -0.3 is 11.1 Å². The van der Waals surface area contributed by atoms with Crippen LogP contribution in [0.4, 0.5) is 9.39 Å². The van der Waals surface area contributed by atoms with Gasteiger partial charge in [-0.1, -0.05) is 36.0 Å². The zero-order valence-electron chi connectivity index (χ0n) is 17.4. The molecule has 3 N–H and O–H groups in total. The van der Waals surface area contributed by atoms with Gasteiger partial charge in [-0.15, -0.1) is 21.5 Å². The number of benzene rings is 2. The Morgan fingerprint density at radius 1 is 1.06 bits per heavy atom. The van der Waals surface area contributed by atoms with Crippen molar-refractivity contribution in [3.63, 3.8) is 0 Å². The third kappa shape index (κ3) is 4.21. The van der Waals surface area contributed by atoms with Crippen LogP contribution in [0.2, 0.25) is 0 Å². The van der Waals surface area contributed by atoms with Crippen molar-refractivity contribution in [2.45, 2.75) is 24.3 Å². The lowest BCUT2D eigenvalue weighted by Crippen LogP contribution is -2.19. The van der Waals surface area contributed by atoms with Crippen molar-refractivity contribution in [2.75, 3.05) is 11.1 Å². The van der Waals surface area contributed by atoms with Gasteiger partial charge in [0.1, 0.15) is 21.5 Å². The summed E-state index contributed by atoms with van der Waals surface area (Å²) in [6.07, 6.45) is 2.73. The van der Waals surface area contributed by atoms with Crippen LogP contribution in [0.5, 0.6) is 0 Å². The Balaban J connectivity index is 1.36. The van der Waals surface area contributed by atoms with Crippen molar-refractivity contribution < 1.29 is 14.0 Å². The molecule has 33 heavy (non-hydrogen) atoms. The molecule has 0 unspecified atom stereocenters. The van der Waals surface area contributed by atoms with E-state index in [-0.39, 0.29) is 17.5 Å². The molecule has 9 heteroatoms. The molecule has 2 amide bonds. The number of carbonyl (C=O) groups is 2. The molecular weight excluding hydrogens is 459 g/mol. The Kier molecular flexibility index (Phi) is 5.82. The number of primary amides is 1. The number of hydrogen-bond acceptors (Lipinski definition) is 6. The quantitative estimate of drug-likeness (QED) is 0.387. The van der Waals surface area contributed by atoms with E-state index in [4.69, 9.17) is 5.73 Å². The van der Waals surface area contributed by atoms with Crippen LogP contribution in [0, 0.1) is 5.82 Å². The summed E-state index contributed by atoms with van der Waals surface area (Å²) in [7, 11) is 0. The van der Waals surface area contributed by atoms with Crippen molar-refractivity contribution in [3.8, 4) is 11.3 Å². The number of aryl methyl sites for hydroxylation is 1. The monoisotopic (exact) mass is 478 g/mol. The number of rotatable bonds is 6. The number of halogens is 1. The molecule has 1 aliphatic rings. The van der Waals surface area contributed by atoms with E-state index in [1.165, 1.54) is 35.2 Å². The Labute approximate surface area is 197 Å². The van der Waals surface area contributed by atoms with Gasteiger partial charge in [0.25, 0.3) is 5.91 Å². The average Bonchev–Trinajstić information content (AvgIpc) is 3.38. The third-order valence-electron chi connectivity index (χ3n) is 5.53. The molecule has 0 saturated heterocycles. The van der Waals surface area contributed by atoms with Crippen molar-refractivity contribution in [2.24, 2.45) is 5.73 Å². The highest BCUT2D eigenvalue weighted by Gasteiger charge is 2.26. The molecule has 0 bridgehead atoms. The van der Waals surface area contributed by atoms with Crippen molar-refractivity contribution in [3.05, 3.63) is 70.4 Å². The summed E-state index contributed by atoms with van der Waals surface area (Å²) in [5.41, 5.74) is 8.41. The number of aromatic nitrogens is 2. The fourth-order valence-corrected chi connectivity index (χ4v) is 6.14. The summed E-state index contributed by atoms with van der Waals surface area (Å²) >= 11 is 2.70. The predicted molar refractivity (Wildman–Crippen MR) is 129 cm³/mol. The standard InChI is InChI=1S/C24H19FN4O2S2/c25-14-10-8-13(9-11-14)21-15-4-1-2-5-16(15)23(29-28-21)32-12-19(30)27-24-20(22(26)31)17-6-3-7-18(17)33-24/h1-2,4-5,8-11H,3,6-7,12H2,(H2,26,31)(H,27,30). The average molecular weight is 479 g/mol. The summed E-state index contributed by atoms with van der Waals surface area (Å²) in [5, 5.41) is 14.4. The third-order valence-corrected chi connectivity index (χ3v) is 7.72. The van der Waals surface area contributed by atoms with E-state index in [0.717, 1.165) is 46.0 Å². The van der Waals surface area contributed by atoms with Gasteiger partial charge in [-0.3, -0.25) is 9.59 Å². The molecule has 2 heterocycles. The van der Waals surface area contributed by atoms with Crippen LogP contribution in [0.1, 0.15) is 27.2 Å². The number of nitrogens with zero attached hydrogens (tertiary/aromatic N) is 2. The van der Waals surface area contributed by atoms with Crippen LogP contribution in [0.25, 0.3) is 22.0 Å². The van der Waals surface area contributed by atoms with Crippen molar-refractivity contribution in [1.29, 1.82) is 0 Å². The molecule has 0 radical (unpaired) electrons. The first-order chi connectivity index (χ1) is 16.0. The molecule has 0 aliphatic heterocycles.